The molecule has 0 saturated carbocycles. The molecule has 6 nitrogen and oxygen atoms in total. The van der Waals surface area contributed by atoms with Crippen molar-refractivity contribution >= 4 is 26.5 Å². The zero-order valence-corrected chi connectivity index (χ0v) is 20.4. The molecule has 0 aliphatic carbocycles. The summed E-state index contributed by atoms with van der Waals surface area (Å²) in [6, 6.07) is 7.58. The maximum Gasteiger partial charge on any atom is 0.444 e. The van der Waals surface area contributed by atoms with Gasteiger partial charge < -0.3 is 15.7 Å². The number of carboxylic acid groups (broad SMARTS) is 1. The van der Waals surface area contributed by atoms with E-state index in [4.69, 9.17) is 0 Å². The highest BCUT2D eigenvalue weighted by Gasteiger charge is 2.41. The van der Waals surface area contributed by atoms with Crippen molar-refractivity contribution in [3.8, 4) is 0 Å². The first-order valence-corrected chi connectivity index (χ1v) is 13.3. The Labute approximate surface area is 190 Å². The number of carbonyl (C=O) groups is 3. The number of aliphatic carboxylic acids is 1. The zero-order valence-electron chi connectivity index (χ0n) is 19.4. The van der Waals surface area contributed by atoms with Gasteiger partial charge in [-0.3, -0.25) is 17.8 Å². The Kier molecular flexibility index (Phi) is 11.5. The van der Waals surface area contributed by atoms with Gasteiger partial charge in [0.15, 0.2) is 0 Å². The third-order valence-corrected chi connectivity index (χ3v) is 6.81. The number of nitrogens with one attached hydrogen (secondary N) is 2. The second kappa shape index (κ2) is 13.3. The fourth-order valence-electron chi connectivity index (χ4n) is 3.49. The monoisotopic (exact) mass is 470 g/mol. The summed E-state index contributed by atoms with van der Waals surface area (Å²) in [6.07, 6.45) is 0.298. The molecule has 0 fully saturated rings. The molecular weight excluding hydrogens is 434 g/mol. The third-order valence-electron chi connectivity index (χ3n) is 5.02. The quantitative estimate of drug-likeness (QED) is 0.284. The summed E-state index contributed by atoms with van der Waals surface area (Å²) in [7, 11) is -4.92. The standard InChI is InChI=1S/C23H36F2N2O4Si/c1-16(2)12-19(22(29)27-20(23(30)31)13-17(3)4)14-32(24,25)15-26-21(28)11-10-18-8-6-5-7-9-18/h5-9,16-17,19-20H,10-15H2,1-4H3,(H,26,28)(H,27,29)(H,30,31)/t19-,20+/m1/s1. The van der Waals surface area contributed by atoms with Gasteiger partial charge in [-0.25, -0.2) is 4.79 Å². The fraction of sp³-hybridized carbons (Fsp3) is 0.609. The van der Waals surface area contributed by atoms with E-state index < -0.39 is 50.7 Å². The lowest BCUT2D eigenvalue weighted by Crippen LogP contribution is -2.48. The minimum absolute atomic E-state index is 0.00982. The van der Waals surface area contributed by atoms with Crippen molar-refractivity contribution in [2.24, 2.45) is 17.8 Å². The van der Waals surface area contributed by atoms with Crippen LogP contribution >= 0.6 is 0 Å². The van der Waals surface area contributed by atoms with Gasteiger partial charge in [0.05, 0.1) is 6.17 Å². The van der Waals surface area contributed by atoms with Crippen LogP contribution in [0, 0.1) is 17.8 Å². The highest BCUT2D eigenvalue weighted by Crippen LogP contribution is 2.26. The molecule has 1 aromatic carbocycles. The van der Waals surface area contributed by atoms with E-state index in [2.05, 4.69) is 10.6 Å². The Morgan fingerprint density at radius 2 is 1.59 bits per heavy atom. The summed E-state index contributed by atoms with van der Waals surface area (Å²) in [5.41, 5.74) is 0.953. The van der Waals surface area contributed by atoms with Crippen LogP contribution in [0.1, 0.15) is 52.5 Å². The van der Waals surface area contributed by atoms with Gasteiger partial charge in [0.2, 0.25) is 11.8 Å². The zero-order chi connectivity index (χ0) is 24.3. The summed E-state index contributed by atoms with van der Waals surface area (Å²) >= 11 is 0. The highest BCUT2D eigenvalue weighted by atomic mass is 28.4. The van der Waals surface area contributed by atoms with Crippen LogP contribution in [0.25, 0.3) is 0 Å². The maximum absolute atomic E-state index is 14.7. The van der Waals surface area contributed by atoms with E-state index >= 15 is 0 Å². The Morgan fingerprint density at radius 3 is 2.12 bits per heavy atom. The molecule has 2 atom stereocenters. The Morgan fingerprint density at radius 1 is 1.00 bits per heavy atom. The summed E-state index contributed by atoms with van der Waals surface area (Å²) in [5, 5.41) is 14.1. The number of hydrogen-bond acceptors (Lipinski definition) is 3. The van der Waals surface area contributed by atoms with Crippen molar-refractivity contribution in [3.05, 3.63) is 35.9 Å². The molecular formula is C23H36F2N2O4Si. The van der Waals surface area contributed by atoms with E-state index in [1.165, 1.54) is 0 Å². The number of hydrogen-bond donors (Lipinski definition) is 3. The smallest absolute Gasteiger partial charge is 0.444 e. The number of halogens is 2. The summed E-state index contributed by atoms with van der Waals surface area (Å²) < 4.78 is 29.5. The number of carboxylic acids is 1. The molecule has 0 heterocycles. The van der Waals surface area contributed by atoms with E-state index in [-0.39, 0.29) is 31.1 Å². The molecule has 0 aromatic heterocycles. The van der Waals surface area contributed by atoms with E-state index in [1.54, 1.807) is 0 Å². The molecule has 0 aliphatic heterocycles. The molecule has 32 heavy (non-hydrogen) atoms. The molecule has 1 aromatic rings. The predicted molar refractivity (Wildman–Crippen MR) is 123 cm³/mol. The molecule has 0 unspecified atom stereocenters. The lowest BCUT2D eigenvalue weighted by molar-refractivity contribution is -0.143. The predicted octanol–water partition coefficient (Wildman–Crippen LogP) is 3.93. The largest absolute Gasteiger partial charge is 0.480 e. The Balaban J connectivity index is 2.67. The van der Waals surface area contributed by atoms with Crippen molar-refractivity contribution < 1.29 is 27.7 Å². The maximum atomic E-state index is 14.7. The van der Waals surface area contributed by atoms with E-state index in [0.717, 1.165) is 5.56 Å². The molecule has 0 bridgehead atoms. The summed E-state index contributed by atoms with van der Waals surface area (Å²) in [4.78, 5) is 36.1. The van der Waals surface area contributed by atoms with Crippen molar-refractivity contribution in [3.63, 3.8) is 0 Å². The van der Waals surface area contributed by atoms with Crippen molar-refractivity contribution in [1.82, 2.24) is 10.6 Å². The lowest BCUT2D eigenvalue weighted by Gasteiger charge is -2.25. The van der Waals surface area contributed by atoms with Crippen LogP contribution < -0.4 is 10.6 Å². The van der Waals surface area contributed by atoms with Crippen LogP contribution in [-0.4, -0.2) is 43.8 Å². The summed E-state index contributed by atoms with van der Waals surface area (Å²) in [6.45, 7) is 7.31. The molecule has 0 radical (unpaired) electrons. The molecule has 180 valence electrons. The van der Waals surface area contributed by atoms with Gasteiger partial charge in [-0.1, -0.05) is 58.0 Å². The summed E-state index contributed by atoms with van der Waals surface area (Å²) in [5.74, 6) is -3.26. The van der Waals surface area contributed by atoms with Crippen LogP contribution in [0.3, 0.4) is 0 Å². The van der Waals surface area contributed by atoms with Gasteiger partial charge in [-0.2, -0.15) is 0 Å². The molecule has 2 amide bonds. The number of carbonyl (C=O) groups excluding carboxylic acids is 2. The van der Waals surface area contributed by atoms with Crippen LogP contribution in [-0.2, 0) is 20.8 Å². The average Bonchev–Trinajstić information content (AvgIpc) is 2.69. The number of amides is 2. The number of benzene rings is 1. The Bertz CT molecular complexity index is 745. The van der Waals surface area contributed by atoms with Gasteiger partial charge in [0.25, 0.3) is 0 Å². The normalized spacial score (nSPS) is 13.6. The van der Waals surface area contributed by atoms with Crippen LogP contribution in [0.2, 0.25) is 6.04 Å². The van der Waals surface area contributed by atoms with Gasteiger partial charge in [-0.05, 0) is 36.7 Å². The molecule has 9 heteroatoms. The number of rotatable bonds is 14. The second-order valence-corrected chi connectivity index (χ2v) is 11.7. The van der Waals surface area contributed by atoms with Crippen LogP contribution in [0.4, 0.5) is 8.22 Å². The van der Waals surface area contributed by atoms with Crippen molar-refractivity contribution in [2.45, 2.75) is 65.5 Å². The van der Waals surface area contributed by atoms with Crippen LogP contribution in [0.15, 0.2) is 30.3 Å². The lowest BCUT2D eigenvalue weighted by atomic mass is 9.96. The van der Waals surface area contributed by atoms with E-state index in [9.17, 15) is 27.7 Å². The van der Waals surface area contributed by atoms with Crippen molar-refractivity contribution in [1.29, 1.82) is 0 Å². The Hall–Kier alpha value is -2.29. The first-order chi connectivity index (χ1) is 14.9. The van der Waals surface area contributed by atoms with E-state index in [0.29, 0.717) is 6.42 Å². The molecule has 0 aliphatic rings. The molecule has 1 rings (SSSR count). The third kappa shape index (κ3) is 11.4. The van der Waals surface area contributed by atoms with Gasteiger partial charge in [0.1, 0.15) is 6.04 Å². The first-order valence-electron chi connectivity index (χ1n) is 11.1. The molecule has 0 spiro atoms. The average molecular weight is 471 g/mol. The fourth-order valence-corrected chi connectivity index (χ4v) is 5.16. The topological polar surface area (TPSA) is 95.5 Å². The highest BCUT2D eigenvalue weighted by molar-refractivity contribution is 6.66. The van der Waals surface area contributed by atoms with E-state index in [1.807, 2.05) is 58.0 Å². The minimum Gasteiger partial charge on any atom is -0.480 e. The molecule has 3 N–H and O–H groups in total. The van der Waals surface area contributed by atoms with Crippen LogP contribution in [0.5, 0.6) is 0 Å². The van der Waals surface area contributed by atoms with Gasteiger partial charge in [0, 0.05) is 18.4 Å². The SMILES string of the molecule is CC(C)C[C@H](C[Si](F)(F)CNC(=O)CCc1ccccc1)C(=O)N[C@@H](CC(C)C)C(=O)O. The van der Waals surface area contributed by atoms with Crippen molar-refractivity contribution in [2.75, 3.05) is 6.17 Å². The van der Waals surface area contributed by atoms with Gasteiger partial charge in [-0.15, -0.1) is 0 Å². The second-order valence-electron chi connectivity index (χ2n) is 9.18. The first kappa shape index (κ1) is 27.7. The minimum atomic E-state index is -4.92. The van der Waals surface area contributed by atoms with Gasteiger partial charge >= 0.3 is 14.7 Å². The molecule has 0 saturated heterocycles. The number of aryl methyl sites for hydroxylation is 1.